The standard InChI is InChI=1S/C32H33N7O4/c40-27(33-16-4-5-17-34-31(42)43)20-35-32(14-6-15-32)23-11-9-22(10-12-23)28-24(21-7-2-1-3-8-21)19-25-26(36-28)13-18-39-29(25)37-38-30(39)41/h1-3,7-13,18-19,34-35H,4-6,14-17,20H2,(H,33,40)(H,38,41)(H,42,43). The van der Waals surface area contributed by atoms with Gasteiger partial charge in [-0.15, -0.1) is 0 Å². The molecule has 5 N–H and O–H groups in total. The maximum Gasteiger partial charge on any atom is 0.404 e. The number of fused-ring (bicyclic) bond motifs is 3. The summed E-state index contributed by atoms with van der Waals surface area (Å²) in [6.45, 7) is 1.10. The van der Waals surface area contributed by atoms with Crippen molar-refractivity contribution in [1.29, 1.82) is 0 Å². The van der Waals surface area contributed by atoms with Crippen LogP contribution in [0, 0.1) is 0 Å². The highest BCUT2D eigenvalue weighted by molar-refractivity contribution is 5.98. The minimum absolute atomic E-state index is 0.0739. The van der Waals surface area contributed by atoms with Crippen molar-refractivity contribution >= 4 is 28.6 Å². The highest BCUT2D eigenvalue weighted by Gasteiger charge is 2.38. The Morgan fingerprint density at radius 1 is 0.953 bits per heavy atom. The van der Waals surface area contributed by atoms with E-state index in [1.807, 2.05) is 42.5 Å². The second-order valence-corrected chi connectivity index (χ2v) is 10.9. The monoisotopic (exact) mass is 579 g/mol. The number of rotatable bonds is 11. The third-order valence-corrected chi connectivity index (χ3v) is 8.17. The van der Waals surface area contributed by atoms with Gasteiger partial charge in [0.15, 0.2) is 5.65 Å². The van der Waals surface area contributed by atoms with E-state index in [0.29, 0.717) is 31.6 Å². The molecule has 1 fully saturated rings. The van der Waals surface area contributed by atoms with Gasteiger partial charge in [0.2, 0.25) is 5.91 Å². The first kappa shape index (κ1) is 28.1. The summed E-state index contributed by atoms with van der Waals surface area (Å²) in [5, 5.41) is 24.9. The Morgan fingerprint density at radius 3 is 2.40 bits per heavy atom. The summed E-state index contributed by atoms with van der Waals surface area (Å²) < 4.78 is 1.48. The number of aromatic nitrogens is 4. The average molecular weight is 580 g/mol. The Bertz CT molecular complexity index is 1830. The van der Waals surface area contributed by atoms with Crippen LogP contribution in [0.2, 0.25) is 0 Å². The van der Waals surface area contributed by atoms with Gasteiger partial charge < -0.3 is 15.7 Å². The first-order valence-corrected chi connectivity index (χ1v) is 14.5. The van der Waals surface area contributed by atoms with E-state index >= 15 is 0 Å². The summed E-state index contributed by atoms with van der Waals surface area (Å²) >= 11 is 0. The third kappa shape index (κ3) is 5.84. The molecule has 0 aliphatic heterocycles. The molecule has 1 saturated carbocycles. The minimum Gasteiger partial charge on any atom is -0.465 e. The lowest BCUT2D eigenvalue weighted by Gasteiger charge is -2.43. The SMILES string of the molecule is O=C(O)NCCCCNC(=O)CNC1(c2ccc(-c3nc4ccn5c(=O)[nH]nc5c4cc3-c3ccccc3)cc2)CCC1. The Hall–Kier alpha value is -5.03. The van der Waals surface area contributed by atoms with Gasteiger partial charge in [0.1, 0.15) is 0 Å². The summed E-state index contributed by atoms with van der Waals surface area (Å²) in [4.78, 5) is 40.2. The van der Waals surface area contributed by atoms with Gasteiger partial charge in [-0.05, 0) is 55.4 Å². The van der Waals surface area contributed by atoms with Crippen molar-refractivity contribution < 1.29 is 14.7 Å². The number of carboxylic acid groups (broad SMARTS) is 1. The number of amides is 2. The Morgan fingerprint density at radius 2 is 1.70 bits per heavy atom. The molecular formula is C32H33N7O4. The van der Waals surface area contributed by atoms with Crippen LogP contribution in [0.1, 0.15) is 37.7 Å². The van der Waals surface area contributed by atoms with Crippen LogP contribution in [0.15, 0.2) is 77.7 Å². The number of pyridine rings is 2. The van der Waals surface area contributed by atoms with E-state index in [4.69, 9.17) is 10.1 Å². The molecule has 0 unspecified atom stereocenters. The van der Waals surface area contributed by atoms with E-state index in [2.05, 4.69) is 50.4 Å². The van der Waals surface area contributed by atoms with Crippen LogP contribution < -0.4 is 21.6 Å². The van der Waals surface area contributed by atoms with E-state index in [-0.39, 0.29) is 23.7 Å². The third-order valence-electron chi connectivity index (χ3n) is 8.17. The lowest BCUT2D eigenvalue weighted by Crippen LogP contribution is -2.51. The van der Waals surface area contributed by atoms with Crippen molar-refractivity contribution in [1.82, 2.24) is 35.5 Å². The number of nitrogens with one attached hydrogen (secondary N) is 4. The molecule has 0 radical (unpaired) electrons. The zero-order valence-corrected chi connectivity index (χ0v) is 23.6. The fourth-order valence-electron chi connectivity index (χ4n) is 5.70. The van der Waals surface area contributed by atoms with E-state index in [1.54, 1.807) is 6.20 Å². The number of hydrogen-bond acceptors (Lipinski definition) is 6. The molecule has 2 aromatic carbocycles. The lowest BCUT2D eigenvalue weighted by molar-refractivity contribution is -0.120. The molecule has 220 valence electrons. The predicted molar refractivity (Wildman–Crippen MR) is 164 cm³/mol. The van der Waals surface area contributed by atoms with Gasteiger partial charge in [-0.3, -0.25) is 10.1 Å². The zero-order chi connectivity index (χ0) is 29.8. The van der Waals surface area contributed by atoms with Crippen molar-refractivity contribution in [2.24, 2.45) is 0 Å². The van der Waals surface area contributed by atoms with Gasteiger partial charge in [-0.25, -0.2) is 24.1 Å². The lowest BCUT2D eigenvalue weighted by atomic mass is 9.71. The molecule has 3 aromatic heterocycles. The summed E-state index contributed by atoms with van der Waals surface area (Å²) in [6, 6.07) is 22.3. The highest BCUT2D eigenvalue weighted by atomic mass is 16.4. The molecular weight excluding hydrogens is 546 g/mol. The van der Waals surface area contributed by atoms with E-state index in [1.165, 1.54) is 4.40 Å². The molecule has 11 heteroatoms. The molecule has 1 aliphatic carbocycles. The maximum atomic E-state index is 12.5. The molecule has 11 nitrogen and oxygen atoms in total. The maximum absolute atomic E-state index is 12.5. The Kier molecular flexibility index (Phi) is 7.89. The predicted octanol–water partition coefficient (Wildman–Crippen LogP) is 4.04. The minimum atomic E-state index is -1.04. The molecule has 0 saturated heterocycles. The van der Waals surface area contributed by atoms with E-state index in [0.717, 1.165) is 58.1 Å². The summed E-state index contributed by atoms with van der Waals surface area (Å²) in [6.07, 6.45) is 5.00. The van der Waals surface area contributed by atoms with Gasteiger partial charge in [0.05, 0.1) is 17.8 Å². The molecule has 5 aromatic rings. The molecule has 0 spiro atoms. The van der Waals surface area contributed by atoms with Crippen molar-refractivity contribution in [3.63, 3.8) is 0 Å². The van der Waals surface area contributed by atoms with Crippen LogP contribution in [-0.4, -0.2) is 56.3 Å². The van der Waals surface area contributed by atoms with E-state index < -0.39 is 6.09 Å². The molecule has 0 atom stereocenters. The number of unbranched alkanes of at least 4 members (excludes halogenated alkanes) is 1. The van der Waals surface area contributed by atoms with Crippen LogP contribution in [0.3, 0.4) is 0 Å². The number of aromatic amines is 1. The topological polar surface area (TPSA) is 154 Å². The smallest absolute Gasteiger partial charge is 0.404 e. The van der Waals surface area contributed by atoms with Gasteiger partial charge in [-0.2, -0.15) is 5.10 Å². The quantitative estimate of drug-likeness (QED) is 0.148. The summed E-state index contributed by atoms with van der Waals surface area (Å²) in [5.74, 6) is -0.0739. The first-order chi connectivity index (χ1) is 20.9. The normalized spacial score (nSPS) is 14.0. The Balaban J connectivity index is 1.21. The summed E-state index contributed by atoms with van der Waals surface area (Å²) in [7, 11) is 0. The second kappa shape index (κ2) is 12.1. The molecule has 1 aliphatic rings. The number of carbonyl (C=O) groups excluding carboxylic acids is 1. The van der Waals surface area contributed by atoms with Crippen molar-refractivity contribution in [2.75, 3.05) is 19.6 Å². The van der Waals surface area contributed by atoms with Gasteiger partial charge in [0.25, 0.3) is 0 Å². The van der Waals surface area contributed by atoms with Crippen LogP contribution in [0.5, 0.6) is 0 Å². The number of carbonyl (C=O) groups is 2. The molecule has 3 heterocycles. The van der Waals surface area contributed by atoms with Crippen LogP contribution in [0.25, 0.3) is 38.9 Å². The molecule has 6 rings (SSSR count). The fourth-order valence-corrected chi connectivity index (χ4v) is 5.70. The first-order valence-electron chi connectivity index (χ1n) is 14.5. The number of H-pyrrole nitrogens is 1. The number of nitrogens with zero attached hydrogens (tertiary/aromatic N) is 3. The van der Waals surface area contributed by atoms with Gasteiger partial charge in [0, 0.05) is 41.3 Å². The van der Waals surface area contributed by atoms with E-state index in [9.17, 15) is 14.4 Å². The van der Waals surface area contributed by atoms with Crippen molar-refractivity contribution in [2.45, 2.75) is 37.6 Å². The van der Waals surface area contributed by atoms with Crippen LogP contribution in [-0.2, 0) is 10.3 Å². The summed E-state index contributed by atoms with van der Waals surface area (Å²) in [5.41, 5.74) is 5.62. The molecule has 0 bridgehead atoms. The average Bonchev–Trinajstić information content (AvgIpc) is 3.39. The van der Waals surface area contributed by atoms with Crippen LogP contribution in [0.4, 0.5) is 4.79 Å². The van der Waals surface area contributed by atoms with Gasteiger partial charge >= 0.3 is 11.8 Å². The van der Waals surface area contributed by atoms with Crippen molar-refractivity contribution in [3.05, 3.63) is 89.0 Å². The van der Waals surface area contributed by atoms with Gasteiger partial charge in [-0.1, -0.05) is 54.6 Å². The van der Waals surface area contributed by atoms with Crippen molar-refractivity contribution in [3.8, 4) is 22.4 Å². The largest absolute Gasteiger partial charge is 0.465 e. The number of benzene rings is 2. The number of hydrogen-bond donors (Lipinski definition) is 5. The highest BCUT2D eigenvalue weighted by Crippen LogP contribution is 2.42. The fraction of sp³-hybridized carbons (Fsp3) is 0.281. The second-order valence-electron chi connectivity index (χ2n) is 10.9. The molecule has 2 amide bonds. The Labute approximate surface area is 247 Å². The molecule has 43 heavy (non-hydrogen) atoms. The van der Waals surface area contributed by atoms with Crippen LogP contribution >= 0.6 is 0 Å². The zero-order valence-electron chi connectivity index (χ0n) is 23.6.